The van der Waals surface area contributed by atoms with Crippen molar-refractivity contribution in [1.82, 2.24) is 19.2 Å². The second-order valence-corrected chi connectivity index (χ2v) is 7.30. The van der Waals surface area contributed by atoms with E-state index in [2.05, 4.69) is 39.2 Å². The Kier molecular flexibility index (Phi) is 3.97. The highest BCUT2D eigenvalue weighted by molar-refractivity contribution is 5.48. The lowest BCUT2D eigenvalue weighted by Crippen LogP contribution is -2.32. The normalized spacial score (nSPS) is 13.7. The van der Waals surface area contributed by atoms with Crippen molar-refractivity contribution in [3.05, 3.63) is 93.8 Å². The minimum atomic E-state index is -0.106. The highest BCUT2D eigenvalue weighted by Crippen LogP contribution is 2.22. The molecule has 6 heteroatoms. The number of hydrogen-bond acceptors (Lipinski definition) is 4. The van der Waals surface area contributed by atoms with Crippen LogP contribution in [0.3, 0.4) is 0 Å². The molecule has 1 aliphatic heterocycles. The van der Waals surface area contributed by atoms with Gasteiger partial charge < -0.3 is 9.30 Å². The van der Waals surface area contributed by atoms with Gasteiger partial charge in [-0.25, -0.2) is 9.67 Å². The molecule has 0 bridgehead atoms. The van der Waals surface area contributed by atoms with Crippen molar-refractivity contribution in [2.45, 2.75) is 26.4 Å². The summed E-state index contributed by atoms with van der Waals surface area (Å²) in [5, 5.41) is 4.41. The third-order valence-corrected chi connectivity index (χ3v) is 5.39. The van der Waals surface area contributed by atoms with E-state index in [-0.39, 0.29) is 5.56 Å². The van der Waals surface area contributed by atoms with Crippen LogP contribution in [0.15, 0.2) is 65.8 Å². The van der Waals surface area contributed by atoms with E-state index in [0.29, 0.717) is 6.54 Å². The highest BCUT2D eigenvalue weighted by atomic mass is 16.1. The number of nitrogens with zero attached hydrogens (tertiary/aromatic N) is 5. The van der Waals surface area contributed by atoms with Gasteiger partial charge >= 0.3 is 0 Å². The largest absolute Gasteiger partial charge is 0.365 e. The second kappa shape index (κ2) is 6.64. The first kappa shape index (κ1) is 16.7. The zero-order valence-electron chi connectivity index (χ0n) is 15.7. The molecule has 1 aromatic carbocycles. The quantitative estimate of drug-likeness (QED) is 0.556. The van der Waals surface area contributed by atoms with Crippen LogP contribution in [0.2, 0.25) is 0 Å². The van der Waals surface area contributed by atoms with Gasteiger partial charge in [-0.3, -0.25) is 4.79 Å². The summed E-state index contributed by atoms with van der Waals surface area (Å²) >= 11 is 0. The molecule has 6 nitrogen and oxygen atoms in total. The first-order valence-electron chi connectivity index (χ1n) is 9.49. The number of imidazole rings is 1. The van der Waals surface area contributed by atoms with Crippen LogP contribution in [-0.4, -0.2) is 25.7 Å². The van der Waals surface area contributed by atoms with Crippen molar-refractivity contribution in [3.8, 4) is 0 Å². The Morgan fingerprint density at radius 2 is 1.96 bits per heavy atom. The van der Waals surface area contributed by atoms with Gasteiger partial charge in [0.15, 0.2) is 0 Å². The Labute approximate surface area is 162 Å². The fourth-order valence-corrected chi connectivity index (χ4v) is 3.87. The summed E-state index contributed by atoms with van der Waals surface area (Å²) in [5.41, 5.74) is 6.32. The zero-order valence-corrected chi connectivity index (χ0v) is 15.7. The monoisotopic (exact) mass is 371 g/mol. The fourth-order valence-electron chi connectivity index (χ4n) is 3.87. The van der Waals surface area contributed by atoms with Crippen molar-refractivity contribution in [1.29, 1.82) is 0 Å². The molecule has 1 aliphatic rings. The number of rotatable bonds is 3. The lowest BCUT2D eigenvalue weighted by Gasteiger charge is -2.30. The summed E-state index contributed by atoms with van der Waals surface area (Å²) in [6.45, 7) is 4.10. The van der Waals surface area contributed by atoms with Gasteiger partial charge in [0.25, 0.3) is 5.56 Å². The van der Waals surface area contributed by atoms with Crippen molar-refractivity contribution < 1.29 is 0 Å². The first-order chi connectivity index (χ1) is 13.7. The highest BCUT2D eigenvalue weighted by Gasteiger charge is 2.17. The van der Waals surface area contributed by atoms with Gasteiger partial charge in [0, 0.05) is 31.5 Å². The Bertz CT molecular complexity index is 1220. The molecule has 0 radical (unpaired) electrons. The number of aromatic nitrogens is 4. The molecular weight excluding hydrogens is 350 g/mol. The topological polar surface area (TPSA) is 55.4 Å². The molecule has 0 fully saturated rings. The van der Waals surface area contributed by atoms with Crippen LogP contribution in [0.4, 0.5) is 5.69 Å². The molecule has 0 atom stereocenters. The van der Waals surface area contributed by atoms with E-state index >= 15 is 0 Å². The van der Waals surface area contributed by atoms with Crippen LogP contribution in [-0.2, 0) is 19.5 Å². The molecular formula is C22H21N5O. The molecule has 0 amide bonds. The molecule has 0 saturated heterocycles. The van der Waals surface area contributed by atoms with Gasteiger partial charge in [-0.1, -0.05) is 30.3 Å². The van der Waals surface area contributed by atoms with Crippen LogP contribution >= 0.6 is 0 Å². The van der Waals surface area contributed by atoms with Gasteiger partial charge in [-0.15, -0.1) is 0 Å². The second-order valence-electron chi connectivity index (χ2n) is 7.30. The summed E-state index contributed by atoms with van der Waals surface area (Å²) < 4.78 is 3.45. The number of aryl methyl sites for hydroxylation is 1. The van der Waals surface area contributed by atoms with Crippen molar-refractivity contribution in [3.63, 3.8) is 0 Å². The van der Waals surface area contributed by atoms with Gasteiger partial charge in [-0.2, -0.15) is 5.10 Å². The van der Waals surface area contributed by atoms with Gasteiger partial charge in [0.05, 0.1) is 24.1 Å². The standard InChI is InChI=1S/C22H21N5O/c1-16-5-4-9-26-14-19(24-22(16)26)15-27-21(28)11-20(12-23-27)25-10-8-17-6-2-3-7-18(17)13-25/h2-7,9,11-12,14H,8,10,13,15H2,1H3. The van der Waals surface area contributed by atoms with E-state index in [4.69, 9.17) is 0 Å². The molecule has 0 aliphatic carbocycles. The van der Waals surface area contributed by atoms with Crippen LogP contribution in [0, 0.1) is 6.92 Å². The Morgan fingerprint density at radius 1 is 1.11 bits per heavy atom. The minimum absolute atomic E-state index is 0.106. The third-order valence-electron chi connectivity index (χ3n) is 5.39. The molecule has 5 rings (SSSR count). The molecule has 28 heavy (non-hydrogen) atoms. The summed E-state index contributed by atoms with van der Waals surface area (Å²) in [5.74, 6) is 0. The predicted octanol–water partition coefficient (Wildman–Crippen LogP) is 2.81. The summed E-state index contributed by atoms with van der Waals surface area (Å²) in [7, 11) is 0. The molecule has 3 aromatic heterocycles. The molecule has 140 valence electrons. The van der Waals surface area contributed by atoms with Crippen LogP contribution in [0.1, 0.15) is 22.4 Å². The number of benzene rings is 1. The number of anilines is 1. The molecule has 0 spiro atoms. The van der Waals surface area contributed by atoms with E-state index < -0.39 is 0 Å². The van der Waals surface area contributed by atoms with Crippen LogP contribution in [0.25, 0.3) is 5.65 Å². The minimum Gasteiger partial charge on any atom is -0.365 e. The van der Waals surface area contributed by atoms with E-state index in [0.717, 1.165) is 42.1 Å². The van der Waals surface area contributed by atoms with E-state index in [1.54, 1.807) is 12.3 Å². The summed E-state index contributed by atoms with van der Waals surface area (Å²) in [4.78, 5) is 19.5. The number of fused-ring (bicyclic) bond motifs is 2. The van der Waals surface area contributed by atoms with E-state index in [9.17, 15) is 4.79 Å². The molecule has 4 heterocycles. The maximum atomic E-state index is 12.7. The van der Waals surface area contributed by atoms with Crippen LogP contribution in [0.5, 0.6) is 0 Å². The maximum Gasteiger partial charge on any atom is 0.269 e. The Morgan fingerprint density at radius 3 is 2.79 bits per heavy atom. The lowest BCUT2D eigenvalue weighted by atomic mass is 10.00. The maximum absolute atomic E-state index is 12.7. The van der Waals surface area contributed by atoms with Crippen LogP contribution < -0.4 is 10.5 Å². The zero-order chi connectivity index (χ0) is 19.1. The van der Waals surface area contributed by atoms with Crippen molar-refractivity contribution in [2.24, 2.45) is 0 Å². The summed E-state index contributed by atoms with van der Waals surface area (Å²) in [6.07, 6.45) is 6.69. The van der Waals surface area contributed by atoms with Crippen molar-refractivity contribution >= 4 is 11.3 Å². The van der Waals surface area contributed by atoms with Gasteiger partial charge in [0.2, 0.25) is 0 Å². The Balaban J connectivity index is 1.39. The first-order valence-corrected chi connectivity index (χ1v) is 9.49. The third kappa shape index (κ3) is 2.97. The molecule has 4 aromatic rings. The molecule has 0 N–H and O–H groups in total. The van der Waals surface area contributed by atoms with Gasteiger partial charge in [0.1, 0.15) is 5.65 Å². The van der Waals surface area contributed by atoms with Gasteiger partial charge in [-0.05, 0) is 36.1 Å². The predicted molar refractivity (Wildman–Crippen MR) is 109 cm³/mol. The van der Waals surface area contributed by atoms with E-state index in [1.807, 2.05) is 35.9 Å². The lowest BCUT2D eigenvalue weighted by molar-refractivity contribution is 0.624. The fraction of sp³-hybridized carbons (Fsp3) is 0.227. The average Bonchev–Trinajstić information content (AvgIpc) is 3.13. The average molecular weight is 371 g/mol. The molecule has 0 saturated carbocycles. The Hall–Kier alpha value is -3.41. The SMILES string of the molecule is Cc1cccn2cc(Cn3ncc(N4CCc5ccccc5C4)cc3=O)nc12. The smallest absolute Gasteiger partial charge is 0.269 e. The summed E-state index contributed by atoms with van der Waals surface area (Å²) in [6, 6.07) is 14.2. The van der Waals surface area contributed by atoms with Crippen molar-refractivity contribution in [2.75, 3.05) is 11.4 Å². The van der Waals surface area contributed by atoms with E-state index in [1.165, 1.54) is 15.8 Å². The number of hydrogen-bond donors (Lipinski definition) is 0. The number of pyridine rings is 1. The molecule has 0 unspecified atom stereocenters.